The van der Waals surface area contributed by atoms with Crippen LogP contribution in [0.1, 0.15) is 30.1 Å². The second-order valence-electron chi connectivity index (χ2n) is 5.05. The number of benzene rings is 1. The van der Waals surface area contributed by atoms with Gasteiger partial charge in [0, 0.05) is 24.2 Å². The van der Waals surface area contributed by atoms with Crippen molar-refractivity contribution in [2.45, 2.75) is 31.9 Å². The van der Waals surface area contributed by atoms with Gasteiger partial charge in [0.2, 0.25) is 0 Å². The summed E-state index contributed by atoms with van der Waals surface area (Å²) in [7, 11) is 1.73. The van der Waals surface area contributed by atoms with E-state index in [1.54, 1.807) is 19.2 Å². The highest BCUT2D eigenvalue weighted by Gasteiger charge is 2.27. The fraction of sp³-hybridized carbons (Fsp3) is 0.533. The number of hydrogen-bond donors (Lipinski definition) is 0. The first kappa shape index (κ1) is 14.5. The molecule has 19 heavy (non-hydrogen) atoms. The third-order valence-electron chi connectivity index (χ3n) is 3.78. The minimum Gasteiger partial charge on any atom is -0.380 e. The van der Waals surface area contributed by atoms with E-state index in [0.717, 1.165) is 25.9 Å². The van der Waals surface area contributed by atoms with E-state index in [-0.39, 0.29) is 17.9 Å². The van der Waals surface area contributed by atoms with Gasteiger partial charge in [-0.2, -0.15) is 0 Å². The minimum absolute atomic E-state index is 0.124. The van der Waals surface area contributed by atoms with Gasteiger partial charge < -0.3 is 4.74 Å². The summed E-state index contributed by atoms with van der Waals surface area (Å²) in [4.78, 5) is 14.6. The second-order valence-corrected chi connectivity index (χ2v) is 5.48. The molecule has 1 aliphatic rings. The lowest BCUT2D eigenvalue weighted by Crippen LogP contribution is -2.47. The Kier molecular flexibility index (Phi) is 4.97. The van der Waals surface area contributed by atoms with E-state index in [9.17, 15) is 4.79 Å². The van der Waals surface area contributed by atoms with Crippen LogP contribution in [0.15, 0.2) is 24.3 Å². The van der Waals surface area contributed by atoms with Gasteiger partial charge in [0.15, 0.2) is 5.78 Å². The van der Waals surface area contributed by atoms with Crippen LogP contribution >= 0.6 is 11.6 Å². The molecule has 0 N–H and O–H groups in total. The molecule has 4 heteroatoms. The Morgan fingerprint density at radius 1 is 1.53 bits per heavy atom. The summed E-state index contributed by atoms with van der Waals surface area (Å²) in [6.45, 7) is 3.73. The normalized spacial score (nSPS) is 22.2. The van der Waals surface area contributed by atoms with Crippen LogP contribution in [0.4, 0.5) is 0 Å². The zero-order chi connectivity index (χ0) is 13.8. The average Bonchev–Trinajstić information content (AvgIpc) is 2.45. The van der Waals surface area contributed by atoms with E-state index in [1.165, 1.54) is 0 Å². The summed E-state index contributed by atoms with van der Waals surface area (Å²) in [5.74, 6) is 0.124. The van der Waals surface area contributed by atoms with E-state index in [1.807, 2.05) is 19.1 Å². The molecule has 1 fully saturated rings. The Balaban J connectivity index is 2.06. The Labute approximate surface area is 119 Å². The quantitative estimate of drug-likeness (QED) is 0.795. The van der Waals surface area contributed by atoms with Gasteiger partial charge in [-0.1, -0.05) is 23.7 Å². The predicted octanol–water partition coefficient (Wildman–Crippen LogP) is 3.02. The fourth-order valence-electron chi connectivity index (χ4n) is 2.56. The van der Waals surface area contributed by atoms with Gasteiger partial charge in [-0.05, 0) is 38.4 Å². The number of carbonyl (C=O) groups excluding carboxylic acids is 1. The van der Waals surface area contributed by atoms with Crippen molar-refractivity contribution < 1.29 is 9.53 Å². The molecule has 0 aromatic heterocycles. The highest BCUT2D eigenvalue weighted by molar-refractivity contribution is 6.31. The van der Waals surface area contributed by atoms with E-state index in [0.29, 0.717) is 10.6 Å². The van der Waals surface area contributed by atoms with Crippen LogP contribution in [-0.2, 0) is 4.74 Å². The highest BCUT2D eigenvalue weighted by atomic mass is 35.5. The van der Waals surface area contributed by atoms with Gasteiger partial charge in [0.1, 0.15) is 0 Å². The van der Waals surface area contributed by atoms with Crippen LogP contribution in [0.3, 0.4) is 0 Å². The number of hydrogen-bond acceptors (Lipinski definition) is 3. The molecule has 0 aliphatic carbocycles. The molecule has 1 aliphatic heterocycles. The highest BCUT2D eigenvalue weighted by Crippen LogP contribution is 2.19. The number of nitrogens with zero attached hydrogens (tertiary/aromatic N) is 1. The zero-order valence-corrected chi connectivity index (χ0v) is 12.2. The minimum atomic E-state index is -0.128. The number of halogens is 1. The standard InChI is InChI=1S/C15H20ClNO2/c1-11(17-8-4-7-14(10-17)19-2)15(18)12-5-3-6-13(16)9-12/h3,5-6,9,11,14H,4,7-8,10H2,1-2H3. The summed E-state index contributed by atoms with van der Waals surface area (Å²) >= 11 is 5.94. The van der Waals surface area contributed by atoms with Gasteiger partial charge in [-0.15, -0.1) is 0 Å². The molecule has 0 saturated carbocycles. The number of piperidine rings is 1. The summed E-state index contributed by atoms with van der Waals surface area (Å²) in [6.07, 6.45) is 2.39. The van der Waals surface area contributed by atoms with Crippen molar-refractivity contribution in [3.05, 3.63) is 34.9 Å². The SMILES string of the molecule is COC1CCCN(C(C)C(=O)c2cccc(Cl)c2)C1. The smallest absolute Gasteiger partial charge is 0.179 e. The molecule has 2 unspecified atom stereocenters. The summed E-state index contributed by atoms with van der Waals surface area (Å²) in [5.41, 5.74) is 0.680. The molecule has 1 aromatic rings. The van der Waals surface area contributed by atoms with Gasteiger partial charge in [-0.3, -0.25) is 9.69 Å². The maximum atomic E-state index is 12.5. The molecule has 0 bridgehead atoms. The van der Waals surface area contributed by atoms with Crippen molar-refractivity contribution in [3.8, 4) is 0 Å². The Hall–Kier alpha value is -0.900. The van der Waals surface area contributed by atoms with Crippen molar-refractivity contribution >= 4 is 17.4 Å². The van der Waals surface area contributed by atoms with Crippen molar-refractivity contribution in [2.75, 3.05) is 20.2 Å². The number of Topliss-reactive ketones (excluding diaryl/α,β-unsaturated/α-hetero) is 1. The lowest BCUT2D eigenvalue weighted by molar-refractivity contribution is 0.0182. The van der Waals surface area contributed by atoms with Crippen molar-refractivity contribution in [3.63, 3.8) is 0 Å². The largest absolute Gasteiger partial charge is 0.380 e. The fourth-order valence-corrected chi connectivity index (χ4v) is 2.75. The van der Waals surface area contributed by atoms with Gasteiger partial charge >= 0.3 is 0 Å². The second kappa shape index (κ2) is 6.51. The molecule has 104 valence electrons. The molecule has 3 nitrogen and oxygen atoms in total. The summed E-state index contributed by atoms with van der Waals surface area (Å²) in [5, 5.41) is 0.603. The molecule has 0 radical (unpaired) electrons. The van der Waals surface area contributed by atoms with Crippen LogP contribution in [0.2, 0.25) is 5.02 Å². The Morgan fingerprint density at radius 2 is 2.32 bits per heavy atom. The van der Waals surface area contributed by atoms with Crippen molar-refractivity contribution in [2.24, 2.45) is 0 Å². The molecular formula is C15H20ClNO2. The first-order valence-electron chi connectivity index (χ1n) is 6.68. The van der Waals surface area contributed by atoms with Gasteiger partial charge in [-0.25, -0.2) is 0 Å². The summed E-state index contributed by atoms with van der Waals surface area (Å²) in [6, 6.07) is 7.03. The molecule has 2 rings (SSSR count). The average molecular weight is 282 g/mol. The number of likely N-dealkylation sites (tertiary alicyclic amines) is 1. The van der Waals surface area contributed by atoms with E-state index < -0.39 is 0 Å². The zero-order valence-electron chi connectivity index (χ0n) is 11.4. The number of ketones is 1. The lowest BCUT2D eigenvalue weighted by atomic mass is 10.0. The first-order chi connectivity index (χ1) is 9.11. The molecular weight excluding hydrogens is 262 g/mol. The molecule has 0 spiro atoms. The van der Waals surface area contributed by atoms with Crippen LogP contribution in [0, 0.1) is 0 Å². The lowest BCUT2D eigenvalue weighted by Gasteiger charge is -2.35. The van der Waals surface area contributed by atoms with Gasteiger partial charge in [0.25, 0.3) is 0 Å². The maximum absolute atomic E-state index is 12.5. The van der Waals surface area contributed by atoms with Crippen molar-refractivity contribution in [1.82, 2.24) is 4.90 Å². The van der Waals surface area contributed by atoms with E-state index in [4.69, 9.17) is 16.3 Å². The van der Waals surface area contributed by atoms with Crippen LogP contribution in [0.25, 0.3) is 0 Å². The number of rotatable bonds is 4. The van der Waals surface area contributed by atoms with Gasteiger partial charge in [0.05, 0.1) is 12.1 Å². The van der Waals surface area contributed by atoms with Crippen LogP contribution in [-0.4, -0.2) is 43.0 Å². The van der Waals surface area contributed by atoms with Crippen LogP contribution < -0.4 is 0 Å². The third kappa shape index (κ3) is 3.56. The molecule has 2 atom stereocenters. The number of ether oxygens (including phenoxy) is 1. The number of carbonyl (C=O) groups is 1. The Morgan fingerprint density at radius 3 is 3.00 bits per heavy atom. The van der Waals surface area contributed by atoms with Crippen LogP contribution in [0.5, 0.6) is 0 Å². The molecule has 1 heterocycles. The molecule has 1 aromatic carbocycles. The number of methoxy groups -OCH3 is 1. The monoisotopic (exact) mass is 281 g/mol. The van der Waals surface area contributed by atoms with E-state index >= 15 is 0 Å². The maximum Gasteiger partial charge on any atom is 0.179 e. The topological polar surface area (TPSA) is 29.5 Å². The predicted molar refractivity (Wildman–Crippen MR) is 76.8 cm³/mol. The van der Waals surface area contributed by atoms with E-state index in [2.05, 4.69) is 4.90 Å². The van der Waals surface area contributed by atoms with Crippen molar-refractivity contribution in [1.29, 1.82) is 0 Å². The first-order valence-corrected chi connectivity index (χ1v) is 7.06. The third-order valence-corrected chi connectivity index (χ3v) is 4.01. The molecule has 1 saturated heterocycles. The summed E-state index contributed by atoms with van der Waals surface area (Å²) < 4.78 is 5.40. The Bertz CT molecular complexity index is 450. The molecule has 0 amide bonds.